The summed E-state index contributed by atoms with van der Waals surface area (Å²) in [6.45, 7) is 20.5. The molecule has 0 saturated carbocycles. The number of nitrogens with zero attached hydrogens (tertiary/aromatic N) is 6. The van der Waals surface area contributed by atoms with E-state index >= 15 is 0 Å². The van der Waals surface area contributed by atoms with Crippen LogP contribution in [0.2, 0.25) is 0 Å². The van der Waals surface area contributed by atoms with Crippen molar-refractivity contribution in [3.05, 3.63) is 97.3 Å². The summed E-state index contributed by atoms with van der Waals surface area (Å²) in [7, 11) is -3.37. The van der Waals surface area contributed by atoms with Crippen molar-refractivity contribution in [1.29, 1.82) is 0 Å². The van der Waals surface area contributed by atoms with Crippen LogP contribution in [0.15, 0.2) is 53.3 Å². The van der Waals surface area contributed by atoms with E-state index in [4.69, 9.17) is 20.1 Å². The SMILES string of the molecule is CCN1c2cc3c(cc2C(C)CC1(C)C)C(c1ccccc1C(=O)N(C)CCCC(=O)NCCCCCCNc1nc2c(=O)[nH]c(N)nc2n1[C@@H]1O[C@H](COP(=O)([O-])O)[C@@H](O)[C@H]1O)=c1cc2c(cc1O3)=[N+](CC)C(C)(C)CC2C. The van der Waals surface area contributed by atoms with Gasteiger partial charge in [0.25, 0.3) is 19.3 Å². The van der Waals surface area contributed by atoms with Crippen LogP contribution >= 0.6 is 7.82 Å². The number of imidazole rings is 1. The first kappa shape index (κ1) is 57.5. The van der Waals surface area contributed by atoms with Crippen molar-refractivity contribution in [2.24, 2.45) is 0 Å². The number of aromatic amines is 1. The van der Waals surface area contributed by atoms with Crippen LogP contribution in [0.4, 0.5) is 17.6 Å². The number of unbranched alkanes of at least 4 members (excludes halogenated alkanes) is 3. The fourth-order valence-corrected chi connectivity index (χ4v) is 13.1. The Hall–Kier alpha value is -6.19. The number of hydrogen-bond donors (Lipinski definition) is 7. The van der Waals surface area contributed by atoms with E-state index in [1.165, 1.54) is 26.7 Å². The molecule has 2 amide bonds. The number of phosphoric acid groups is 1. The second-order valence-electron chi connectivity index (χ2n) is 22.9. The van der Waals surface area contributed by atoms with E-state index in [2.05, 4.69) is 125 Å². The number of amides is 2. The first-order valence-corrected chi connectivity index (χ1v) is 29.2. The number of phosphoric ester groups is 1. The molecule has 3 aromatic carbocycles. The number of aliphatic hydroxyl groups is 2. The highest BCUT2D eigenvalue weighted by Crippen LogP contribution is 2.49. The molecule has 6 heterocycles. The summed E-state index contributed by atoms with van der Waals surface area (Å²) in [5.41, 5.74) is 12.0. The van der Waals surface area contributed by atoms with Crippen LogP contribution in [0.25, 0.3) is 16.7 Å². The number of fused-ring (bicyclic) bond motifs is 5. The lowest BCUT2D eigenvalue weighted by Crippen LogP contribution is -2.52. The van der Waals surface area contributed by atoms with Gasteiger partial charge in [0, 0.05) is 90.8 Å². The number of ether oxygens (including phenoxy) is 2. The Balaban J connectivity index is 0.830. The van der Waals surface area contributed by atoms with Crippen LogP contribution in [-0.2, 0) is 18.6 Å². The summed E-state index contributed by atoms with van der Waals surface area (Å²) in [5.74, 6) is 1.78. The number of nitrogens with two attached hydrogens (primary N) is 1. The summed E-state index contributed by atoms with van der Waals surface area (Å²) in [4.78, 5) is 75.8. The van der Waals surface area contributed by atoms with E-state index in [-0.39, 0.29) is 52.4 Å². The zero-order chi connectivity index (χ0) is 56.9. The van der Waals surface area contributed by atoms with Crippen molar-refractivity contribution in [2.45, 2.75) is 154 Å². The zero-order valence-corrected chi connectivity index (χ0v) is 47.7. The number of H-pyrrole nitrogens is 1. The number of nitrogen functional groups attached to an aromatic ring is 1. The van der Waals surface area contributed by atoms with Gasteiger partial charge in [-0.1, -0.05) is 44.9 Å². The largest absolute Gasteiger partial charge is 0.756 e. The van der Waals surface area contributed by atoms with Crippen LogP contribution in [-0.4, -0.2) is 127 Å². The molecule has 5 aromatic rings. The van der Waals surface area contributed by atoms with E-state index in [0.29, 0.717) is 49.9 Å². The van der Waals surface area contributed by atoms with Gasteiger partial charge in [-0.05, 0) is 108 Å². The van der Waals surface area contributed by atoms with Crippen molar-refractivity contribution in [1.82, 2.24) is 34.3 Å². The van der Waals surface area contributed by atoms with Gasteiger partial charge in [-0.25, -0.2) is 9.56 Å². The van der Waals surface area contributed by atoms with E-state index in [1.807, 2.05) is 18.2 Å². The van der Waals surface area contributed by atoms with Gasteiger partial charge in [-0.3, -0.25) is 28.5 Å². The number of rotatable bonds is 20. The predicted molar refractivity (Wildman–Crippen MR) is 300 cm³/mol. The van der Waals surface area contributed by atoms with Crippen LogP contribution in [0.5, 0.6) is 11.5 Å². The molecule has 79 heavy (non-hydrogen) atoms. The van der Waals surface area contributed by atoms with Crippen LogP contribution < -0.4 is 51.6 Å². The number of aromatic nitrogens is 4. The van der Waals surface area contributed by atoms with Gasteiger partial charge in [0.2, 0.25) is 23.2 Å². The van der Waals surface area contributed by atoms with Crippen molar-refractivity contribution >= 4 is 54.0 Å². The molecule has 2 aromatic heterocycles. The number of carbonyl (C=O) groups is 2. The second kappa shape index (κ2) is 22.7. The van der Waals surface area contributed by atoms with Crippen molar-refractivity contribution in [3.63, 3.8) is 0 Å². The van der Waals surface area contributed by atoms with E-state index < -0.39 is 44.5 Å². The van der Waals surface area contributed by atoms with E-state index in [0.717, 1.165) is 78.6 Å². The van der Waals surface area contributed by atoms with E-state index in [9.17, 15) is 34.1 Å². The van der Waals surface area contributed by atoms with Crippen LogP contribution in [0.3, 0.4) is 0 Å². The Bertz CT molecular complexity index is 3390. The van der Waals surface area contributed by atoms with Gasteiger partial charge in [0.05, 0.1) is 12.7 Å². The molecule has 426 valence electrons. The third-order valence-electron chi connectivity index (χ3n) is 16.3. The molecule has 0 spiro atoms. The fourth-order valence-electron chi connectivity index (χ4n) is 12.7. The zero-order valence-electron chi connectivity index (χ0n) is 46.8. The van der Waals surface area contributed by atoms with Crippen molar-refractivity contribution in [3.8, 4) is 11.5 Å². The molecule has 4 aliphatic heterocycles. The Morgan fingerprint density at radius 3 is 2.41 bits per heavy atom. The first-order valence-electron chi connectivity index (χ1n) is 27.7. The summed E-state index contributed by atoms with van der Waals surface area (Å²) >= 11 is 0. The summed E-state index contributed by atoms with van der Waals surface area (Å²) in [5, 5.41) is 29.8. The molecule has 1 saturated heterocycles. The highest BCUT2D eigenvalue weighted by atomic mass is 31.2. The number of anilines is 3. The summed E-state index contributed by atoms with van der Waals surface area (Å²) in [6, 6.07) is 17.0. The molecule has 8 N–H and O–H groups in total. The molecular formula is C57H77N10O11P. The molecule has 9 rings (SSSR count). The van der Waals surface area contributed by atoms with E-state index in [1.54, 1.807) is 11.9 Å². The normalized spacial score (nSPS) is 22.6. The van der Waals surface area contributed by atoms with Crippen molar-refractivity contribution in [2.75, 3.05) is 62.3 Å². The van der Waals surface area contributed by atoms with Gasteiger partial charge in [0.1, 0.15) is 36.4 Å². The lowest BCUT2D eigenvalue weighted by molar-refractivity contribution is -0.222. The Morgan fingerprint density at radius 2 is 1.68 bits per heavy atom. The maximum absolute atomic E-state index is 14.7. The molecule has 4 aliphatic rings. The average molecular weight is 1110 g/mol. The molecule has 22 heteroatoms. The molecule has 1 fully saturated rings. The molecule has 0 aliphatic carbocycles. The Morgan fingerprint density at radius 1 is 0.962 bits per heavy atom. The quantitative estimate of drug-likeness (QED) is 0.0310. The standard InChI is InChI=1S/C57H77N10O11P/c1-10-65-40-27-42-38(25-36(40)32(3)29-56(65,5)6)46(39-26-37-33(4)30-57(7,8)66(11-2)41(37)28-43(39)77-42)34-19-14-15-20-35(34)52(72)64(9)24-18-21-45(68)59-22-16-12-13-17-23-60-55-61-47-50(62-54(58)63-51(47)71)67(55)53-49(70)48(69)44(78-53)31-76-79(73,74)75/h14-15,19-20,25-28,32-33,44,48-49,53,69-70H,10-13,16-18,21-24,29-31H2,1-9H3,(H6,58,59,63,68,71,72,73,74,75)/t32?,33?,44-,48-,49-,53-/m1/s1. The van der Waals surface area contributed by atoms with Gasteiger partial charge >= 0.3 is 0 Å². The van der Waals surface area contributed by atoms with Gasteiger partial charge < -0.3 is 60.2 Å². The lowest BCUT2D eigenvalue weighted by atomic mass is 9.77. The number of carbonyl (C=O) groups excluding carboxylic acids is 2. The molecular weight excluding hydrogens is 1030 g/mol. The molecule has 21 nitrogen and oxygen atoms in total. The first-order chi connectivity index (χ1) is 37.4. The maximum atomic E-state index is 14.7. The van der Waals surface area contributed by atoms with Crippen LogP contribution in [0, 0.1) is 0 Å². The van der Waals surface area contributed by atoms with Crippen molar-refractivity contribution < 1.29 is 48.2 Å². The molecule has 0 bridgehead atoms. The Kier molecular flexibility index (Phi) is 16.6. The number of nitrogens with one attached hydrogen (secondary N) is 3. The molecule has 0 radical (unpaired) electrons. The minimum absolute atomic E-state index is 0.0328. The predicted octanol–water partition coefficient (Wildman–Crippen LogP) is 4.70. The third-order valence-corrected chi connectivity index (χ3v) is 16.8. The van der Waals surface area contributed by atoms with Gasteiger partial charge in [-0.15, -0.1) is 0 Å². The topological polar surface area (TPSA) is 286 Å². The fraction of sp³-hybridized carbons (Fsp3) is 0.544. The minimum atomic E-state index is -5.16. The lowest BCUT2D eigenvalue weighted by Gasteiger charge is -2.47. The molecule has 7 atom stereocenters. The monoisotopic (exact) mass is 1110 g/mol. The third kappa shape index (κ3) is 11.6. The highest BCUT2D eigenvalue weighted by molar-refractivity contribution is 7.44. The Labute approximate surface area is 460 Å². The number of hydrogen-bond acceptors (Lipinski definition) is 15. The highest BCUT2D eigenvalue weighted by Gasteiger charge is 2.46. The average Bonchev–Trinajstić information content (AvgIpc) is 4.03. The summed E-state index contributed by atoms with van der Waals surface area (Å²) < 4.78 is 32.1. The second-order valence-corrected chi connectivity index (χ2v) is 24.1. The smallest absolute Gasteiger partial charge is 0.280 e. The number of benzene rings is 3. The van der Waals surface area contributed by atoms with Crippen LogP contribution in [0.1, 0.15) is 157 Å². The van der Waals surface area contributed by atoms with Gasteiger partial charge in [0.15, 0.2) is 22.9 Å². The molecule has 3 unspecified atom stereocenters. The number of aliphatic hydroxyl groups excluding tert-OH is 2. The maximum Gasteiger partial charge on any atom is 0.280 e. The van der Waals surface area contributed by atoms with Gasteiger partial charge in [-0.2, -0.15) is 4.98 Å². The summed E-state index contributed by atoms with van der Waals surface area (Å²) in [6.07, 6.45) is -0.372. The minimum Gasteiger partial charge on any atom is -0.756 e.